The second kappa shape index (κ2) is 13.4. The number of fused-ring (bicyclic) bond motifs is 1. The van der Waals surface area contributed by atoms with E-state index >= 15 is 0 Å². The van der Waals surface area contributed by atoms with Crippen molar-refractivity contribution in [3.05, 3.63) is 69.6 Å². The number of aryl methyl sites for hydroxylation is 1. The minimum atomic E-state index is -3.91. The number of sulfonamides is 1. The maximum atomic E-state index is 13.4. The van der Waals surface area contributed by atoms with Gasteiger partial charge in [-0.25, -0.2) is 8.42 Å². The fraction of sp³-hybridized carbons (Fsp3) is 0.452. The molecule has 0 saturated carbocycles. The average molecular weight is 635 g/mol. The first-order valence-corrected chi connectivity index (χ1v) is 16.6. The van der Waals surface area contributed by atoms with Crippen molar-refractivity contribution in [1.82, 2.24) is 9.62 Å². The molecule has 1 aliphatic carbocycles. The van der Waals surface area contributed by atoms with Crippen molar-refractivity contribution >= 4 is 38.9 Å². The lowest BCUT2D eigenvalue weighted by Crippen LogP contribution is -2.47. The van der Waals surface area contributed by atoms with Gasteiger partial charge in [0.15, 0.2) is 0 Å². The van der Waals surface area contributed by atoms with Crippen molar-refractivity contribution in [3.63, 3.8) is 0 Å². The highest BCUT2D eigenvalue weighted by molar-refractivity contribution is 7.91. The van der Waals surface area contributed by atoms with E-state index in [1.165, 1.54) is 31.4 Å². The van der Waals surface area contributed by atoms with Gasteiger partial charge in [0, 0.05) is 37.7 Å². The molecule has 1 aromatic heterocycles. The van der Waals surface area contributed by atoms with E-state index in [0.717, 1.165) is 34.9 Å². The van der Waals surface area contributed by atoms with Crippen LogP contribution in [0.5, 0.6) is 5.75 Å². The van der Waals surface area contributed by atoms with Gasteiger partial charge in [-0.3, -0.25) is 4.79 Å². The topological polar surface area (TPSA) is 116 Å². The van der Waals surface area contributed by atoms with Crippen molar-refractivity contribution in [1.29, 1.82) is 0 Å². The van der Waals surface area contributed by atoms with Crippen molar-refractivity contribution in [2.75, 3.05) is 27.2 Å². The van der Waals surface area contributed by atoms with E-state index in [2.05, 4.69) is 43.4 Å². The molecule has 0 unspecified atom stereocenters. The van der Waals surface area contributed by atoms with E-state index in [0.29, 0.717) is 32.7 Å². The predicted molar refractivity (Wildman–Crippen MR) is 167 cm³/mol. The van der Waals surface area contributed by atoms with Crippen LogP contribution < -0.4 is 10.1 Å². The van der Waals surface area contributed by atoms with Crippen LogP contribution in [0, 0.1) is 5.92 Å². The number of hydrogen-bond acceptors (Lipinski definition) is 7. The van der Waals surface area contributed by atoms with Gasteiger partial charge in [0.05, 0.1) is 13.2 Å². The zero-order valence-electron chi connectivity index (χ0n) is 24.4. The number of nitrogens with one attached hydrogen (secondary N) is 1. The SMILES string of the molecule is COc1ccc(-c2cc(S(=O)(=O)N(C)C[C@H](O)CNC(C)(C)CC3Cc4ccccc4C3)sc2Cl)cc1CCC(=O)O. The number of hydrogen-bond donors (Lipinski definition) is 3. The Morgan fingerprint density at radius 3 is 2.48 bits per heavy atom. The molecule has 11 heteroatoms. The van der Waals surface area contributed by atoms with Crippen LogP contribution in [0.3, 0.4) is 0 Å². The third-order valence-electron chi connectivity index (χ3n) is 7.75. The summed E-state index contributed by atoms with van der Waals surface area (Å²) < 4.78 is 33.7. The Balaban J connectivity index is 1.37. The molecule has 228 valence electrons. The van der Waals surface area contributed by atoms with E-state index in [1.807, 2.05) is 0 Å². The lowest BCUT2D eigenvalue weighted by Gasteiger charge is -2.31. The van der Waals surface area contributed by atoms with Crippen LogP contribution in [0.2, 0.25) is 4.34 Å². The van der Waals surface area contributed by atoms with Crippen LogP contribution in [0.4, 0.5) is 0 Å². The quantitative estimate of drug-likeness (QED) is 0.222. The van der Waals surface area contributed by atoms with Gasteiger partial charge in [0.25, 0.3) is 10.0 Å². The molecule has 0 fully saturated rings. The second-order valence-corrected chi connectivity index (χ2v) is 15.6. The number of aliphatic hydroxyl groups is 1. The number of aliphatic carboxylic acids is 1. The van der Waals surface area contributed by atoms with Crippen LogP contribution >= 0.6 is 22.9 Å². The monoisotopic (exact) mass is 634 g/mol. The summed E-state index contributed by atoms with van der Waals surface area (Å²) in [6.07, 6.45) is 2.34. The van der Waals surface area contributed by atoms with Crippen LogP contribution in [-0.4, -0.2) is 67.8 Å². The van der Waals surface area contributed by atoms with E-state index in [1.54, 1.807) is 18.2 Å². The van der Waals surface area contributed by atoms with Crippen molar-refractivity contribution in [3.8, 4) is 16.9 Å². The Morgan fingerprint density at radius 1 is 1.19 bits per heavy atom. The molecule has 0 spiro atoms. The van der Waals surface area contributed by atoms with Gasteiger partial charge < -0.3 is 20.3 Å². The third-order valence-corrected chi connectivity index (χ3v) is 11.4. The molecule has 8 nitrogen and oxygen atoms in total. The summed E-state index contributed by atoms with van der Waals surface area (Å²) in [6, 6.07) is 15.3. The van der Waals surface area contributed by atoms with E-state index < -0.39 is 22.1 Å². The fourth-order valence-electron chi connectivity index (χ4n) is 5.65. The minimum Gasteiger partial charge on any atom is -0.496 e. The highest BCUT2D eigenvalue weighted by atomic mass is 35.5. The first kappa shape index (κ1) is 32.4. The van der Waals surface area contributed by atoms with Gasteiger partial charge in [-0.2, -0.15) is 4.31 Å². The predicted octanol–water partition coefficient (Wildman–Crippen LogP) is 5.25. The number of nitrogens with zero attached hydrogens (tertiary/aromatic N) is 1. The number of carboxylic acid groups (broad SMARTS) is 1. The Hall–Kier alpha value is -2.47. The number of benzene rings is 2. The standard InChI is InChI=1S/C31H39ClN2O6S2/c1-31(2,17-20-13-21-7-5-6-8-22(21)14-20)33-18-25(35)19-34(3)42(38,39)29-16-26(30(32)41-29)23-9-11-27(40-4)24(15-23)10-12-28(36)37/h5-9,11,15-16,20,25,33,35H,10,12-14,17-19H2,1-4H3,(H,36,37)/t25-/m1/s1. The minimum absolute atomic E-state index is 0.0641. The highest BCUT2D eigenvalue weighted by Gasteiger charge is 2.30. The van der Waals surface area contributed by atoms with E-state index in [9.17, 15) is 18.3 Å². The number of carbonyl (C=O) groups is 1. The molecule has 1 atom stereocenters. The maximum Gasteiger partial charge on any atom is 0.303 e. The summed E-state index contributed by atoms with van der Waals surface area (Å²) in [5.74, 6) is 0.160. The molecule has 1 aliphatic rings. The summed E-state index contributed by atoms with van der Waals surface area (Å²) in [4.78, 5) is 11.1. The Labute approximate surface area is 257 Å². The Kier molecular flexibility index (Phi) is 10.4. The molecule has 0 radical (unpaired) electrons. The molecule has 3 N–H and O–H groups in total. The number of methoxy groups -OCH3 is 1. The number of rotatable bonds is 14. The van der Waals surface area contributed by atoms with Crippen molar-refractivity contribution in [2.24, 2.45) is 5.92 Å². The second-order valence-electron chi connectivity index (χ2n) is 11.6. The van der Waals surface area contributed by atoms with Crippen LogP contribution in [0.15, 0.2) is 52.7 Å². The third kappa shape index (κ3) is 7.92. The number of ether oxygens (including phenoxy) is 1. The van der Waals surface area contributed by atoms with Crippen LogP contribution in [0.25, 0.3) is 11.1 Å². The van der Waals surface area contributed by atoms with Crippen LogP contribution in [-0.2, 0) is 34.1 Å². The molecular weight excluding hydrogens is 596 g/mol. The van der Waals surface area contributed by atoms with E-state index in [4.69, 9.17) is 21.4 Å². The lowest BCUT2D eigenvalue weighted by molar-refractivity contribution is -0.136. The molecule has 1 heterocycles. The molecule has 3 aromatic rings. The molecule has 2 aromatic carbocycles. The number of β-amino-alcohol motifs (C(OH)–C–C–N with tert-alkyl or cyclic N) is 1. The Morgan fingerprint density at radius 2 is 1.86 bits per heavy atom. The molecular formula is C31H39ClN2O6S2. The zero-order chi connectivity index (χ0) is 30.7. The van der Waals surface area contributed by atoms with Gasteiger partial charge in [-0.15, -0.1) is 11.3 Å². The largest absolute Gasteiger partial charge is 0.496 e. The fourth-order valence-corrected chi connectivity index (χ4v) is 8.84. The summed E-state index contributed by atoms with van der Waals surface area (Å²) in [7, 11) is -0.954. The lowest BCUT2D eigenvalue weighted by atomic mass is 9.88. The first-order valence-electron chi connectivity index (χ1n) is 13.9. The summed E-state index contributed by atoms with van der Waals surface area (Å²) in [5.41, 5.74) is 4.49. The van der Waals surface area contributed by atoms with Gasteiger partial charge in [-0.05, 0) is 85.9 Å². The van der Waals surface area contributed by atoms with Gasteiger partial charge in [-0.1, -0.05) is 41.9 Å². The average Bonchev–Trinajstić information content (AvgIpc) is 3.53. The van der Waals surface area contributed by atoms with Gasteiger partial charge >= 0.3 is 5.97 Å². The Bertz CT molecular complexity index is 1500. The zero-order valence-corrected chi connectivity index (χ0v) is 26.8. The smallest absolute Gasteiger partial charge is 0.303 e. The molecule has 0 saturated heterocycles. The molecule has 4 rings (SSSR count). The summed E-state index contributed by atoms with van der Waals surface area (Å²) in [6.45, 7) is 4.41. The number of thiophene rings is 1. The number of carboxylic acids is 1. The number of halogens is 1. The van der Waals surface area contributed by atoms with Crippen LogP contribution in [0.1, 0.15) is 43.4 Å². The number of likely N-dealkylation sites (N-methyl/N-ethyl adjacent to an activating group) is 1. The molecule has 42 heavy (non-hydrogen) atoms. The van der Waals surface area contributed by atoms with Crippen molar-refractivity contribution < 1.29 is 28.2 Å². The summed E-state index contributed by atoms with van der Waals surface area (Å²) in [5, 5.41) is 23.3. The van der Waals surface area contributed by atoms with Crippen molar-refractivity contribution in [2.45, 2.75) is 61.8 Å². The number of aliphatic hydroxyl groups excluding tert-OH is 1. The molecule has 0 bridgehead atoms. The molecule has 0 aliphatic heterocycles. The molecule has 0 amide bonds. The van der Waals surface area contributed by atoms with Gasteiger partial charge in [0.2, 0.25) is 0 Å². The normalized spacial score (nSPS) is 14.7. The maximum absolute atomic E-state index is 13.4. The van der Waals surface area contributed by atoms with Gasteiger partial charge in [0.1, 0.15) is 14.3 Å². The summed E-state index contributed by atoms with van der Waals surface area (Å²) >= 11 is 7.45. The highest BCUT2D eigenvalue weighted by Crippen LogP contribution is 2.40. The first-order chi connectivity index (χ1) is 19.8. The van der Waals surface area contributed by atoms with E-state index in [-0.39, 0.29) is 35.7 Å².